The zero-order chi connectivity index (χ0) is 16.4. The minimum atomic E-state index is -0.155. The second-order valence-corrected chi connectivity index (χ2v) is 6.71. The molecule has 23 heavy (non-hydrogen) atoms. The number of halogens is 1. The fraction of sp³-hybridized carbons (Fsp3) is 0.111. The third-order valence-corrected chi connectivity index (χ3v) is 4.82. The number of hydrogen-bond acceptors (Lipinski definition) is 3. The molecule has 1 heterocycles. The summed E-state index contributed by atoms with van der Waals surface area (Å²) in [6.45, 7) is 4.10. The van der Waals surface area contributed by atoms with Crippen molar-refractivity contribution in [3.63, 3.8) is 0 Å². The maximum Gasteiger partial charge on any atom is 0.264 e. The van der Waals surface area contributed by atoms with E-state index in [1.54, 1.807) is 12.1 Å². The van der Waals surface area contributed by atoms with Crippen molar-refractivity contribution in [2.24, 2.45) is 4.99 Å². The topological polar surface area (TPSA) is 41.5 Å². The van der Waals surface area contributed by atoms with E-state index in [0.717, 1.165) is 11.3 Å². The molecule has 0 spiro atoms. The van der Waals surface area contributed by atoms with E-state index in [4.69, 9.17) is 11.6 Å². The number of amides is 1. The number of aliphatic imine (C=N–C) groups is 1. The monoisotopic (exact) mass is 342 g/mol. The van der Waals surface area contributed by atoms with Crippen LogP contribution in [0.2, 0.25) is 5.02 Å². The van der Waals surface area contributed by atoms with Crippen LogP contribution in [-0.2, 0) is 4.79 Å². The number of benzene rings is 2. The first kappa shape index (κ1) is 15.8. The summed E-state index contributed by atoms with van der Waals surface area (Å²) in [4.78, 5) is 17.2. The second kappa shape index (κ2) is 6.60. The lowest BCUT2D eigenvalue weighted by molar-refractivity contribution is -0.115. The summed E-state index contributed by atoms with van der Waals surface area (Å²) in [5.74, 6) is -0.155. The Kier molecular flexibility index (Phi) is 4.55. The van der Waals surface area contributed by atoms with Crippen LogP contribution in [0.5, 0.6) is 0 Å². The molecule has 1 N–H and O–H groups in total. The molecule has 0 atom stereocenters. The standard InChI is InChI=1S/C18H15ClN2OS/c1-11-7-8-14(9-12(11)2)20-18-21-17(22)16(23-18)10-13-5-3-4-6-15(13)19/h3-10H,1-2H3,(H,20,21,22)/b16-10+. The third kappa shape index (κ3) is 3.66. The number of carbonyl (C=O) groups excluding carboxylic acids is 1. The quantitative estimate of drug-likeness (QED) is 0.793. The van der Waals surface area contributed by atoms with Crippen molar-refractivity contribution in [1.82, 2.24) is 5.32 Å². The number of nitrogens with zero attached hydrogens (tertiary/aromatic N) is 1. The van der Waals surface area contributed by atoms with E-state index in [-0.39, 0.29) is 5.91 Å². The Balaban J connectivity index is 1.86. The third-order valence-electron chi connectivity index (χ3n) is 3.56. The van der Waals surface area contributed by atoms with Crippen LogP contribution in [0.15, 0.2) is 52.4 Å². The number of rotatable bonds is 2. The van der Waals surface area contributed by atoms with Crippen molar-refractivity contribution in [1.29, 1.82) is 0 Å². The summed E-state index contributed by atoms with van der Waals surface area (Å²) in [5.41, 5.74) is 4.04. The molecule has 2 aromatic carbocycles. The second-order valence-electron chi connectivity index (χ2n) is 5.27. The summed E-state index contributed by atoms with van der Waals surface area (Å²) >= 11 is 7.45. The van der Waals surface area contributed by atoms with Crippen LogP contribution in [0.25, 0.3) is 6.08 Å². The Morgan fingerprint density at radius 1 is 1.13 bits per heavy atom. The first-order valence-corrected chi connectivity index (χ1v) is 8.34. The average Bonchev–Trinajstić information content (AvgIpc) is 2.85. The number of hydrogen-bond donors (Lipinski definition) is 1. The van der Waals surface area contributed by atoms with Crippen molar-refractivity contribution < 1.29 is 4.79 Å². The summed E-state index contributed by atoms with van der Waals surface area (Å²) in [6.07, 6.45) is 1.78. The lowest BCUT2D eigenvalue weighted by Crippen LogP contribution is -2.19. The maximum atomic E-state index is 12.1. The highest BCUT2D eigenvalue weighted by Gasteiger charge is 2.24. The Morgan fingerprint density at radius 2 is 1.91 bits per heavy atom. The van der Waals surface area contributed by atoms with Crippen molar-refractivity contribution >= 4 is 46.2 Å². The van der Waals surface area contributed by atoms with E-state index in [1.807, 2.05) is 43.3 Å². The molecule has 0 unspecified atom stereocenters. The molecule has 0 saturated carbocycles. The van der Waals surface area contributed by atoms with Gasteiger partial charge in [-0.3, -0.25) is 4.79 Å². The maximum absolute atomic E-state index is 12.1. The number of nitrogens with one attached hydrogen (secondary N) is 1. The van der Waals surface area contributed by atoms with Gasteiger partial charge in [0.05, 0.1) is 10.6 Å². The molecular weight excluding hydrogens is 328 g/mol. The van der Waals surface area contributed by atoms with Gasteiger partial charge in [0.25, 0.3) is 5.91 Å². The van der Waals surface area contributed by atoms with Gasteiger partial charge in [-0.2, -0.15) is 0 Å². The van der Waals surface area contributed by atoms with Crippen LogP contribution in [-0.4, -0.2) is 11.1 Å². The van der Waals surface area contributed by atoms with Crippen LogP contribution in [0.4, 0.5) is 5.69 Å². The highest BCUT2D eigenvalue weighted by atomic mass is 35.5. The van der Waals surface area contributed by atoms with E-state index in [9.17, 15) is 4.79 Å². The largest absolute Gasteiger partial charge is 0.300 e. The molecule has 0 radical (unpaired) electrons. The molecular formula is C18H15ClN2OS. The van der Waals surface area contributed by atoms with Gasteiger partial charge in [0.15, 0.2) is 5.17 Å². The van der Waals surface area contributed by atoms with E-state index >= 15 is 0 Å². The Hall–Kier alpha value is -2.04. The molecule has 0 aromatic heterocycles. The lowest BCUT2D eigenvalue weighted by Gasteiger charge is -2.01. The number of aryl methyl sites for hydroxylation is 2. The van der Waals surface area contributed by atoms with E-state index in [1.165, 1.54) is 22.9 Å². The predicted molar refractivity (Wildman–Crippen MR) is 98.2 cm³/mol. The van der Waals surface area contributed by atoms with Gasteiger partial charge in [-0.15, -0.1) is 0 Å². The van der Waals surface area contributed by atoms with Crippen LogP contribution in [0, 0.1) is 13.8 Å². The fourth-order valence-electron chi connectivity index (χ4n) is 2.13. The highest BCUT2D eigenvalue weighted by Crippen LogP contribution is 2.30. The molecule has 116 valence electrons. The summed E-state index contributed by atoms with van der Waals surface area (Å²) in [6, 6.07) is 13.4. The molecule has 5 heteroatoms. The zero-order valence-corrected chi connectivity index (χ0v) is 14.3. The highest BCUT2D eigenvalue weighted by molar-refractivity contribution is 8.18. The molecule has 1 aliphatic heterocycles. The lowest BCUT2D eigenvalue weighted by atomic mass is 10.1. The summed E-state index contributed by atoms with van der Waals surface area (Å²) < 4.78 is 0. The van der Waals surface area contributed by atoms with Crippen molar-refractivity contribution in [3.8, 4) is 0 Å². The molecule has 0 bridgehead atoms. The predicted octanol–water partition coefficient (Wildman–Crippen LogP) is 4.85. The van der Waals surface area contributed by atoms with Gasteiger partial charge in [0, 0.05) is 5.02 Å². The van der Waals surface area contributed by atoms with Crippen LogP contribution in [0.3, 0.4) is 0 Å². The smallest absolute Gasteiger partial charge is 0.264 e. The first-order valence-electron chi connectivity index (χ1n) is 7.14. The molecule has 1 aliphatic rings. The fourth-order valence-corrected chi connectivity index (χ4v) is 3.15. The van der Waals surface area contributed by atoms with Crippen molar-refractivity contribution in [2.75, 3.05) is 0 Å². The zero-order valence-electron chi connectivity index (χ0n) is 12.8. The SMILES string of the molecule is Cc1ccc(N=C2NC(=O)/C(=C\c3ccccc3Cl)S2)cc1C. The van der Waals surface area contributed by atoms with Crippen LogP contribution in [0.1, 0.15) is 16.7 Å². The Bertz CT molecular complexity index is 843. The number of amidine groups is 1. The van der Waals surface area contributed by atoms with Gasteiger partial charge in [-0.05, 0) is 66.6 Å². The minimum absolute atomic E-state index is 0.155. The molecule has 1 saturated heterocycles. The summed E-state index contributed by atoms with van der Waals surface area (Å²) in [5, 5.41) is 3.99. The molecule has 2 aromatic rings. The molecule has 3 nitrogen and oxygen atoms in total. The minimum Gasteiger partial charge on any atom is -0.300 e. The van der Waals surface area contributed by atoms with Gasteiger partial charge >= 0.3 is 0 Å². The molecule has 0 aliphatic carbocycles. The Morgan fingerprint density at radius 3 is 2.65 bits per heavy atom. The molecule has 1 amide bonds. The van der Waals surface area contributed by atoms with Crippen LogP contribution < -0.4 is 5.32 Å². The van der Waals surface area contributed by atoms with Gasteiger partial charge in [-0.1, -0.05) is 35.9 Å². The summed E-state index contributed by atoms with van der Waals surface area (Å²) in [7, 11) is 0. The van der Waals surface area contributed by atoms with Gasteiger partial charge < -0.3 is 5.32 Å². The number of carbonyl (C=O) groups is 1. The van der Waals surface area contributed by atoms with E-state index < -0.39 is 0 Å². The van der Waals surface area contributed by atoms with E-state index in [0.29, 0.717) is 15.1 Å². The van der Waals surface area contributed by atoms with Gasteiger partial charge in [0.1, 0.15) is 0 Å². The van der Waals surface area contributed by atoms with Crippen molar-refractivity contribution in [2.45, 2.75) is 13.8 Å². The van der Waals surface area contributed by atoms with Gasteiger partial charge in [0.2, 0.25) is 0 Å². The van der Waals surface area contributed by atoms with Crippen molar-refractivity contribution in [3.05, 3.63) is 69.1 Å². The first-order chi connectivity index (χ1) is 11.0. The molecule has 1 fully saturated rings. The Labute approximate surface area is 144 Å². The molecule has 3 rings (SSSR count). The average molecular weight is 343 g/mol. The van der Waals surface area contributed by atoms with Crippen LogP contribution >= 0.6 is 23.4 Å². The van der Waals surface area contributed by atoms with Gasteiger partial charge in [-0.25, -0.2) is 4.99 Å². The van der Waals surface area contributed by atoms with E-state index in [2.05, 4.69) is 17.2 Å². The normalized spacial score (nSPS) is 17.8. The number of thioether (sulfide) groups is 1.